The molecule has 0 radical (unpaired) electrons. The summed E-state index contributed by atoms with van der Waals surface area (Å²) in [6.45, 7) is 2.18. The molecule has 1 heteroatoms. The van der Waals surface area contributed by atoms with E-state index in [0.717, 1.165) is 0 Å². The van der Waals surface area contributed by atoms with E-state index in [0.29, 0.717) is 6.04 Å². The first-order chi connectivity index (χ1) is 3.93. The molecule has 0 spiro atoms. The molecule has 1 atom stereocenters. The third kappa shape index (κ3) is 1.19. The van der Waals surface area contributed by atoms with Gasteiger partial charge in [-0.15, -0.1) is 0 Å². The van der Waals surface area contributed by atoms with Crippen LogP contribution in [0.4, 0.5) is 0 Å². The Hall–Kier alpha value is -0.590. The van der Waals surface area contributed by atoms with Crippen molar-refractivity contribution in [3.63, 3.8) is 0 Å². The normalized spacial score (nSPS) is 24.9. The molecule has 0 N–H and O–H groups in total. The van der Waals surface area contributed by atoms with E-state index in [2.05, 4.69) is 18.0 Å². The van der Waals surface area contributed by atoms with Gasteiger partial charge in [-0.05, 0) is 12.5 Å². The second-order valence-corrected chi connectivity index (χ2v) is 2.04. The largest absolute Gasteiger partial charge is 0.286 e. The van der Waals surface area contributed by atoms with Crippen LogP contribution in [-0.2, 0) is 0 Å². The van der Waals surface area contributed by atoms with Crippen molar-refractivity contribution in [3.05, 3.63) is 12.2 Å². The molecule has 0 aromatic carbocycles. The zero-order chi connectivity index (χ0) is 5.82. The van der Waals surface area contributed by atoms with Gasteiger partial charge in [0.15, 0.2) is 0 Å². The molecule has 1 heterocycles. The number of hydrogen-bond acceptors (Lipinski definition) is 1. The first-order valence-electron chi connectivity index (χ1n) is 3.13. The molecule has 0 aromatic rings. The number of rotatable bonds is 2. The predicted octanol–water partition coefficient (Wildman–Crippen LogP) is 1.80. The maximum Gasteiger partial charge on any atom is 0.0683 e. The number of aliphatic imine (C=N–C) groups is 1. The Balaban J connectivity index is 2.27. The van der Waals surface area contributed by atoms with Crippen LogP contribution in [0.25, 0.3) is 0 Å². The van der Waals surface area contributed by atoms with Gasteiger partial charge in [-0.2, -0.15) is 0 Å². The van der Waals surface area contributed by atoms with Gasteiger partial charge in [0.05, 0.1) is 6.04 Å². The lowest BCUT2D eigenvalue weighted by molar-refractivity contribution is 0.715. The zero-order valence-electron chi connectivity index (χ0n) is 5.17. The highest BCUT2D eigenvalue weighted by molar-refractivity contribution is 5.74. The van der Waals surface area contributed by atoms with Gasteiger partial charge in [-0.3, -0.25) is 4.99 Å². The summed E-state index contributed by atoms with van der Waals surface area (Å²) in [6, 6.07) is 0.500. The smallest absolute Gasteiger partial charge is 0.0683 e. The lowest BCUT2D eigenvalue weighted by Crippen LogP contribution is -1.93. The summed E-state index contributed by atoms with van der Waals surface area (Å²) < 4.78 is 0. The molecule has 0 saturated heterocycles. The first kappa shape index (κ1) is 5.54. The lowest BCUT2D eigenvalue weighted by Gasteiger charge is -1.97. The van der Waals surface area contributed by atoms with Crippen LogP contribution in [0.1, 0.15) is 19.8 Å². The molecule has 1 rings (SSSR count). The summed E-state index contributed by atoms with van der Waals surface area (Å²) in [5, 5.41) is 0. The second-order valence-electron chi connectivity index (χ2n) is 2.04. The van der Waals surface area contributed by atoms with E-state index in [9.17, 15) is 0 Å². The van der Waals surface area contributed by atoms with Crippen molar-refractivity contribution in [2.75, 3.05) is 0 Å². The van der Waals surface area contributed by atoms with Gasteiger partial charge in [-0.1, -0.05) is 19.4 Å². The zero-order valence-corrected chi connectivity index (χ0v) is 5.17. The van der Waals surface area contributed by atoms with Gasteiger partial charge >= 0.3 is 0 Å². The summed E-state index contributed by atoms with van der Waals surface area (Å²) in [5.41, 5.74) is 0. The van der Waals surface area contributed by atoms with Crippen LogP contribution in [0, 0.1) is 0 Å². The Labute approximate surface area is 50.1 Å². The molecule has 1 aliphatic rings. The van der Waals surface area contributed by atoms with Crippen LogP contribution in [0.15, 0.2) is 17.1 Å². The molecule has 8 heavy (non-hydrogen) atoms. The Kier molecular flexibility index (Phi) is 1.84. The molecule has 1 aliphatic heterocycles. The molecule has 0 amide bonds. The van der Waals surface area contributed by atoms with Crippen molar-refractivity contribution >= 4 is 6.21 Å². The minimum atomic E-state index is 0.500. The minimum Gasteiger partial charge on any atom is -0.286 e. The van der Waals surface area contributed by atoms with Gasteiger partial charge in [-0.25, -0.2) is 0 Å². The third-order valence-electron chi connectivity index (χ3n) is 1.28. The van der Waals surface area contributed by atoms with Gasteiger partial charge in [0.1, 0.15) is 0 Å². The number of hydrogen-bond donors (Lipinski definition) is 0. The first-order valence-corrected chi connectivity index (χ1v) is 3.13. The summed E-state index contributed by atoms with van der Waals surface area (Å²) in [7, 11) is 0. The molecule has 1 unspecified atom stereocenters. The van der Waals surface area contributed by atoms with E-state index < -0.39 is 0 Å². The molecular weight excluding hydrogens is 98.1 g/mol. The van der Waals surface area contributed by atoms with E-state index in [4.69, 9.17) is 0 Å². The molecule has 0 bridgehead atoms. The van der Waals surface area contributed by atoms with Crippen LogP contribution in [0.2, 0.25) is 0 Å². The van der Waals surface area contributed by atoms with Crippen molar-refractivity contribution in [3.8, 4) is 0 Å². The Bertz CT molecular complexity index is 102. The van der Waals surface area contributed by atoms with Crippen LogP contribution in [0.3, 0.4) is 0 Å². The van der Waals surface area contributed by atoms with Gasteiger partial charge in [0.25, 0.3) is 0 Å². The number of nitrogens with zero attached hydrogens (tertiary/aromatic N) is 1. The summed E-state index contributed by atoms with van der Waals surface area (Å²) in [6.07, 6.45) is 8.46. The van der Waals surface area contributed by atoms with E-state index in [1.165, 1.54) is 12.8 Å². The molecule has 0 aromatic heterocycles. The second kappa shape index (κ2) is 2.65. The molecule has 0 aliphatic carbocycles. The summed E-state index contributed by atoms with van der Waals surface area (Å²) in [4.78, 5) is 4.19. The Morgan fingerprint density at radius 1 is 1.62 bits per heavy atom. The SMILES string of the molecule is CCCC1C=CC=N1. The topological polar surface area (TPSA) is 12.4 Å². The molecular formula is C7H11N. The van der Waals surface area contributed by atoms with E-state index in [-0.39, 0.29) is 0 Å². The monoisotopic (exact) mass is 109 g/mol. The fraction of sp³-hybridized carbons (Fsp3) is 0.571. The van der Waals surface area contributed by atoms with Crippen LogP contribution in [0.5, 0.6) is 0 Å². The van der Waals surface area contributed by atoms with Crippen molar-refractivity contribution < 1.29 is 0 Å². The molecule has 0 saturated carbocycles. The summed E-state index contributed by atoms with van der Waals surface area (Å²) in [5.74, 6) is 0. The third-order valence-corrected chi connectivity index (χ3v) is 1.28. The maximum atomic E-state index is 4.19. The van der Waals surface area contributed by atoms with E-state index >= 15 is 0 Å². The Morgan fingerprint density at radius 3 is 3.00 bits per heavy atom. The van der Waals surface area contributed by atoms with Crippen LogP contribution < -0.4 is 0 Å². The highest BCUT2D eigenvalue weighted by Gasteiger charge is 2.00. The summed E-state index contributed by atoms with van der Waals surface area (Å²) >= 11 is 0. The highest BCUT2D eigenvalue weighted by atomic mass is 14.8. The standard InChI is InChI=1S/C7H11N/c1-2-4-7-5-3-6-8-7/h3,5-7H,2,4H2,1H3. The maximum absolute atomic E-state index is 4.19. The highest BCUT2D eigenvalue weighted by Crippen LogP contribution is 2.05. The molecule has 0 fully saturated rings. The minimum absolute atomic E-state index is 0.500. The van der Waals surface area contributed by atoms with E-state index in [1.807, 2.05) is 12.3 Å². The molecule has 1 nitrogen and oxygen atoms in total. The van der Waals surface area contributed by atoms with Gasteiger partial charge in [0.2, 0.25) is 0 Å². The number of allylic oxidation sites excluding steroid dienone is 1. The molecule has 44 valence electrons. The fourth-order valence-corrected chi connectivity index (χ4v) is 0.854. The van der Waals surface area contributed by atoms with Crippen LogP contribution >= 0.6 is 0 Å². The van der Waals surface area contributed by atoms with Crippen LogP contribution in [-0.4, -0.2) is 12.3 Å². The van der Waals surface area contributed by atoms with E-state index in [1.54, 1.807) is 0 Å². The van der Waals surface area contributed by atoms with Gasteiger partial charge in [0, 0.05) is 6.21 Å². The fourth-order valence-electron chi connectivity index (χ4n) is 0.854. The average Bonchev–Trinajstić information content (AvgIpc) is 2.19. The predicted molar refractivity (Wildman–Crippen MR) is 36.3 cm³/mol. The van der Waals surface area contributed by atoms with Gasteiger partial charge < -0.3 is 0 Å². The van der Waals surface area contributed by atoms with Crippen molar-refractivity contribution in [1.82, 2.24) is 0 Å². The van der Waals surface area contributed by atoms with Crippen molar-refractivity contribution in [2.45, 2.75) is 25.8 Å². The quantitative estimate of drug-likeness (QED) is 0.512. The lowest BCUT2D eigenvalue weighted by atomic mass is 10.2. The van der Waals surface area contributed by atoms with Crippen molar-refractivity contribution in [2.24, 2.45) is 4.99 Å². The van der Waals surface area contributed by atoms with Crippen molar-refractivity contribution in [1.29, 1.82) is 0 Å². The Morgan fingerprint density at radius 2 is 2.50 bits per heavy atom. The average molecular weight is 109 g/mol.